The monoisotopic (exact) mass is 376 g/mol. The van der Waals surface area contributed by atoms with E-state index in [2.05, 4.69) is 10.6 Å². The minimum absolute atomic E-state index is 0.174. The van der Waals surface area contributed by atoms with Gasteiger partial charge in [0.05, 0.1) is 11.3 Å². The van der Waals surface area contributed by atoms with E-state index in [1.54, 1.807) is 12.1 Å². The lowest BCUT2D eigenvalue weighted by molar-refractivity contribution is -0.146. The van der Waals surface area contributed by atoms with Gasteiger partial charge in [-0.25, -0.2) is 4.39 Å². The Kier molecular flexibility index (Phi) is 7.16. The predicted molar refractivity (Wildman–Crippen MR) is 96.5 cm³/mol. The SMILES string of the molecule is CSc1ccccc1NC(=O)COC(=O)CNC(=O)c1ccccc1F. The van der Waals surface area contributed by atoms with E-state index >= 15 is 0 Å². The van der Waals surface area contributed by atoms with E-state index in [1.165, 1.54) is 30.0 Å². The number of thioether (sulfide) groups is 1. The maximum absolute atomic E-state index is 13.5. The maximum Gasteiger partial charge on any atom is 0.325 e. The molecular formula is C18H17FN2O4S. The minimum atomic E-state index is -0.803. The molecule has 2 amide bonds. The molecule has 0 unspecified atom stereocenters. The molecule has 2 N–H and O–H groups in total. The number of hydrogen-bond donors (Lipinski definition) is 2. The number of hydrogen-bond acceptors (Lipinski definition) is 5. The first kappa shape index (κ1) is 19.5. The molecule has 0 aliphatic carbocycles. The number of para-hydroxylation sites is 1. The average Bonchev–Trinajstić information content (AvgIpc) is 2.65. The number of carbonyl (C=O) groups is 3. The molecule has 0 aromatic heterocycles. The molecule has 2 aromatic carbocycles. The van der Waals surface area contributed by atoms with Crippen LogP contribution < -0.4 is 10.6 Å². The first-order valence-electron chi connectivity index (χ1n) is 7.62. The summed E-state index contributed by atoms with van der Waals surface area (Å²) in [6.45, 7) is -0.959. The second-order valence-corrected chi connectivity index (χ2v) is 5.92. The van der Waals surface area contributed by atoms with Gasteiger partial charge in [-0.05, 0) is 30.5 Å². The van der Waals surface area contributed by atoms with Crippen molar-refractivity contribution in [1.29, 1.82) is 0 Å². The number of nitrogens with one attached hydrogen (secondary N) is 2. The van der Waals surface area contributed by atoms with Gasteiger partial charge in [0.15, 0.2) is 6.61 Å². The van der Waals surface area contributed by atoms with E-state index < -0.39 is 36.8 Å². The van der Waals surface area contributed by atoms with Crippen LogP contribution in [-0.2, 0) is 14.3 Å². The van der Waals surface area contributed by atoms with Gasteiger partial charge in [-0.3, -0.25) is 14.4 Å². The van der Waals surface area contributed by atoms with E-state index in [4.69, 9.17) is 4.74 Å². The maximum atomic E-state index is 13.5. The fourth-order valence-electron chi connectivity index (χ4n) is 2.02. The van der Waals surface area contributed by atoms with Crippen molar-refractivity contribution >= 4 is 35.2 Å². The van der Waals surface area contributed by atoms with E-state index in [0.717, 1.165) is 11.0 Å². The van der Waals surface area contributed by atoms with Crippen LogP contribution in [0.15, 0.2) is 53.4 Å². The highest BCUT2D eigenvalue weighted by Crippen LogP contribution is 2.24. The lowest BCUT2D eigenvalue weighted by Gasteiger charge is -2.10. The molecular weight excluding hydrogens is 359 g/mol. The number of ether oxygens (including phenoxy) is 1. The Bertz CT molecular complexity index is 813. The molecule has 0 bridgehead atoms. The molecule has 0 saturated heterocycles. The molecule has 8 heteroatoms. The molecule has 0 fully saturated rings. The van der Waals surface area contributed by atoms with Crippen molar-refractivity contribution in [3.05, 3.63) is 59.9 Å². The van der Waals surface area contributed by atoms with Crippen LogP contribution in [0.3, 0.4) is 0 Å². The number of carbonyl (C=O) groups excluding carboxylic acids is 3. The van der Waals surface area contributed by atoms with Crippen LogP contribution in [0.1, 0.15) is 10.4 Å². The highest BCUT2D eigenvalue weighted by molar-refractivity contribution is 7.98. The van der Waals surface area contributed by atoms with Crippen molar-refractivity contribution in [2.24, 2.45) is 0 Å². The van der Waals surface area contributed by atoms with E-state index in [0.29, 0.717) is 5.69 Å². The molecule has 0 saturated carbocycles. The van der Waals surface area contributed by atoms with Gasteiger partial charge in [-0.15, -0.1) is 11.8 Å². The molecule has 2 rings (SSSR count). The van der Waals surface area contributed by atoms with Gasteiger partial charge in [0.25, 0.3) is 11.8 Å². The Morgan fingerprint density at radius 1 is 1.08 bits per heavy atom. The van der Waals surface area contributed by atoms with Crippen LogP contribution in [0.5, 0.6) is 0 Å². The van der Waals surface area contributed by atoms with Crippen molar-refractivity contribution in [2.75, 3.05) is 24.7 Å². The fraction of sp³-hybridized carbons (Fsp3) is 0.167. The second-order valence-electron chi connectivity index (χ2n) is 5.07. The van der Waals surface area contributed by atoms with Crippen molar-refractivity contribution < 1.29 is 23.5 Å². The quantitative estimate of drug-likeness (QED) is 0.573. The largest absolute Gasteiger partial charge is 0.454 e. The van der Waals surface area contributed by atoms with E-state index in [-0.39, 0.29) is 5.56 Å². The normalized spacial score (nSPS) is 10.1. The van der Waals surface area contributed by atoms with Crippen molar-refractivity contribution in [3.63, 3.8) is 0 Å². The molecule has 0 aliphatic heterocycles. The number of rotatable bonds is 7. The van der Waals surface area contributed by atoms with E-state index in [1.807, 2.05) is 18.4 Å². The molecule has 0 heterocycles. The third kappa shape index (κ3) is 5.59. The minimum Gasteiger partial charge on any atom is -0.454 e. The zero-order chi connectivity index (χ0) is 18.9. The van der Waals surface area contributed by atoms with Crippen LogP contribution in [0.4, 0.5) is 10.1 Å². The second kappa shape index (κ2) is 9.57. The van der Waals surface area contributed by atoms with Crippen LogP contribution >= 0.6 is 11.8 Å². The van der Waals surface area contributed by atoms with Gasteiger partial charge in [-0.2, -0.15) is 0 Å². The summed E-state index contributed by atoms with van der Waals surface area (Å²) in [6, 6.07) is 12.6. The molecule has 0 aliphatic rings. The summed E-state index contributed by atoms with van der Waals surface area (Å²) in [5.41, 5.74) is 0.445. The first-order chi connectivity index (χ1) is 12.5. The van der Waals surface area contributed by atoms with Crippen LogP contribution in [0, 0.1) is 5.82 Å². The van der Waals surface area contributed by atoms with Gasteiger partial charge in [0.1, 0.15) is 12.4 Å². The average molecular weight is 376 g/mol. The Morgan fingerprint density at radius 2 is 1.77 bits per heavy atom. The zero-order valence-corrected chi connectivity index (χ0v) is 14.8. The Balaban J connectivity index is 1.77. The number of esters is 1. The van der Waals surface area contributed by atoms with Gasteiger partial charge in [0.2, 0.25) is 0 Å². The summed E-state index contributed by atoms with van der Waals surface area (Å²) in [5, 5.41) is 4.88. The van der Waals surface area contributed by atoms with Crippen LogP contribution in [0.25, 0.3) is 0 Å². The first-order valence-corrected chi connectivity index (χ1v) is 8.85. The summed E-state index contributed by atoms with van der Waals surface area (Å²) < 4.78 is 18.3. The number of anilines is 1. The van der Waals surface area contributed by atoms with Gasteiger partial charge >= 0.3 is 5.97 Å². The predicted octanol–water partition coefficient (Wildman–Crippen LogP) is 2.46. The molecule has 0 spiro atoms. The van der Waals surface area contributed by atoms with Crippen molar-refractivity contribution in [1.82, 2.24) is 5.32 Å². The Hall–Kier alpha value is -2.87. The Morgan fingerprint density at radius 3 is 2.50 bits per heavy atom. The topological polar surface area (TPSA) is 84.5 Å². The smallest absolute Gasteiger partial charge is 0.325 e. The third-order valence-electron chi connectivity index (χ3n) is 3.26. The third-order valence-corrected chi connectivity index (χ3v) is 4.05. The molecule has 136 valence electrons. The lowest BCUT2D eigenvalue weighted by atomic mass is 10.2. The lowest BCUT2D eigenvalue weighted by Crippen LogP contribution is -2.32. The van der Waals surface area contributed by atoms with Crippen molar-refractivity contribution in [2.45, 2.75) is 4.90 Å². The zero-order valence-electron chi connectivity index (χ0n) is 14.0. The highest BCUT2D eigenvalue weighted by atomic mass is 32.2. The van der Waals surface area contributed by atoms with Crippen LogP contribution in [0.2, 0.25) is 0 Å². The van der Waals surface area contributed by atoms with Crippen LogP contribution in [-0.4, -0.2) is 37.2 Å². The molecule has 0 radical (unpaired) electrons. The molecule has 6 nitrogen and oxygen atoms in total. The molecule has 26 heavy (non-hydrogen) atoms. The highest BCUT2D eigenvalue weighted by Gasteiger charge is 2.14. The van der Waals surface area contributed by atoms with Gasteiger partial charge in [-0.1, -0.05) is 24.3 Å². The number of amides is 2. The molecule has 0 atom stereocenters. The molecule has 2 aromatic rings. The summed E-state index contributed by atoms with van der Waals surface area (Å²) >= 11 is 1.47. The standard InChI is InChI=1S/C18H17FN2O4S/c1-26-15-9-5-4-8-14(15)21-16(22)11-25-17(23)10-20-18(24)12-6-2-3-7-13(12)19/h2-9H,10-11H2,1H3,(H,20,24)(H,21,22). The summed E-state index contributed by atoms with van der Waals surface area (Å²) in [5.74, 6) is -2.73. The summed E-state index contributed by atoms with van der Waals surface area (Å²) in [4.78, 5) is 36.1. The van der Waals surface area contributed by atoms with Gasteiger partial charge < -0.3 is 15.4 Å². The van der Waals surface area contributed by atoms with Crippen molar-refractivity contribution in [3.8, 4) is 0 Å². The van der Waals surface area contributed by atoms with E-state index in [9.17, 15) is 18.8 Å². The Labute approximate surface area is 154 Å². The fourth-order valence-corrected chi connectivity index (χ4v) is 2.58. The number of halogens is 1. The summed E-state index contributed by atoms with van der Waals surface area (Å²) in [7, 11) is 0. The summed E-state index contributed by atoms with van der Waals surface area (Å²) in [6.07, 6.45) is 1.88. The van der Waals surface area contributed by atoms with Gasteiger partial charge in [0, 0.05) is 4.90 Å². The number of benzene rings is 2.